The third-order valence-electron chi connectivity index (χ3n) is 5.86. The van der Waals surface area contributed by atoms with Crippen LogP contribution in [-0.2, 0) is 4.79 Å². The molecule has 0 aliphatic carbocycles. The second-order valence-electron chi connectivity index (χ2n) is 7.68. The van der Waals surface area contributed by atoms with Crippen LogP contribution in [0.25, 0.3) is 10.9 Å². The Balaban J connectivity index is 1.57. The molecule has 0 saturated carbocycles. The average Bonchev–Trinajstić information content (AvgIpc) is 3.42. The quantitative estimate of drug-likeness (QED) is 0.676. The van der Waals surface area contributed by atoms with Crippen LogP contribution in [0.15, 0.2) is 42.6 Å². The van der Waals surface area contributed by atoms with Crippen molar-refractivity contribution in [2.75, 3.05) is 26.3 Å². The molecule has 2 aliphatic heterocycles. The van der Waals surface area contributed by atoms with E-state index in [1.807, 2.05) is 47.5 Å². The molecule has 2 aromatic carbocycles. The van der Waals surface area contributed by atoms with E-state index in [4.69, 9.17) is 21.1 Å². The molecule has 0 bridgehead atoms. The number of ether oxygens (including phenoxy) is 2. The van der Waals surface area contributed by atoms with Crippen molar-refractivity contribution in [3.8, 4) is 11.5 Å². The number of amides is 1. The minimum Gasteiger partial charge on any atom is -0.486 e. The van der Waals surface area contributed by atoms with Crippen molar-refractivity contribution in [1.29, 1.82) is 0 Å². The Labute approximate surface area is 174 Å². The monoisotopic (exact) mass is 410 g/mol. The second kappa shape index (κ2) is 7.64. The molecule has 1 fully saturated rings. The van der Waals surface area contributed by atoms with Crippen LogP contribution in [0.2, 0.25) is 5.02 Å². The fourth-order valence-corrected chi connectivity index (χ4v) is 4.53. The van der Waals surface area contributed by atoms with E-state index >= 15 is 0 Å². The number of nitrogens with zero attached hydrogens (tertiary/aromatic N) is 1. The number of nitrogens with one attached hydrogen (secondary N) is 1. The maximum absolute atomic E-state index is 13.0. The summed E-state index contributed by atoms with van der Waals surface area (Å²) in [6, 6.07) is 11.8. The molecule has 0 radical (unpaired) electrons. The third kappa shape index (κ3) is 3.55. The highest BCUT2D eigenvalue weighted by atomic mass is 35.5. The molecule has 3 heterocycles. The van der Waals surface area contributed by atoms with Crippen molar-refractivity contribution < 1.29 is 14.3 Å². The molecule has 1 amide bonds. The van der Waals surface area contributed by atoms with E-state index in [-0.39, 0.29) is 11.8 Å². The highest BCUT2D eigenvalue weighted by Gasteiger charge is 2.27. The number of hydrogen-bond donors (Lipinski definition) is 1. The summed E-state index contributed by atoms with van der Waals surface area (Å²) in [4.78, 5) is 18.4. The average molecular weight is 411 g/mol. The molecule has 150 valence electrons. The first-order chi connectivity index (χ1) is 14.2. The minimum absolute atomic E-state index is 0.0915. The molecule has 0 spiro atoms. The smallest absolute Gasteiger partial charge is 0.223 e. The topological polar surface area (TPSA) is 54.6 Å². The van der Waals surface area contributed by atoms with Crippen LogP contribution in [-0.4, -0.2) is 42.1 Å². The zero-order valence-electron chi connectivity index (χ0n) is 16.1. The summed E-state index contributed by atoms with van der Waals surface area (Å²) in [7, 11) is 0. The van der Waals surface area contributed by atoms with Crippen LogP contribution >= 0.6 is 11.6 Å². The van der Waals surface area contributed by atoms with E-state index in [1.54, 1.807) is 0 Å². The van der Waals surface area contributed by atoms with E-state index in [0.717, 1.165) is 59.5 Å². The lowest BCUT2D eigenvalue weighted by Gasteiger charge is -2.24. The van der Waals surface area contributed by atoms with Crippen molar-refractivity contribution in [2.45, 2.75) is 25.2 Å². The zero-order chi connectivity index (χ0) is 19.8. The second-order valence-corrected chi connectivity index (χ2v) is 8.12. The molecular formula is C23H23ClN2O3. The van der Waals surface area contributed by atoms with E-state index in [0.29, 0.717) is 24.7 Å². The number of halogens is 1. The molecule has 1 atom stereocenters. The molecule has 29 heavy (non-hydrogen) atoms. The van der Waals surface area contributed by atoms with E-state index in [2.05, 4.69) is 4.98 Å². The fraction of sp³-hybridized carbons (Fsp3) is 0.348. The SMILES string of the molecule is O=C(C[C@@H](c1ccc2c(c1)OCCO2)c1c[nH]c2ccc(Cl)cc12)N1CCCC1. The normalized spacial score (nSPS) is 16.9. The van der Waals surface area contributed by atoms with Crippen LogP contribution in [0.1, 0.15) is 36.3 Å². The number of aromatic nitrogens is 1. The van der Waals surface area contributed by atoms with Gasteiger partial charge >= 0.3 is 0 Å². The van der Waals surface area contributed by atoms with Gasteiger partial charge in [-0.25, -0.2) is 0 Å². The predicted octanol–water partition coefficient (Wildman–Crippen LogP) is 4.74. The van der Waals surface area contributed by atoms with Crippen LogP contribution in [0.5, 0.6) is 11.5 Å². The summed E-state index contributed by atoms with van der Waals surface area (Å²) in [6.45, 7) is 2.81. The molecule has 1 N–H and O–H groups in total. The number of rotatable bonds is 4. The first-order valence-electron chi connectivity index (χ1n) is 10.1. The van der Waals surface area contributed by atoms with Gasteiger partial charge in [0.2, 0.25) is 5.91 Å². The maximum atomic E-state index is 13.0. The van der Waals surface area contributed by atoms with Crippen LogP contribution in [0, 0.1) is 0 Å². The summed E-state index contributed by atoms with van der Waals surface area (Å²) < 4.78 is 11.5. The number of benzene rings is 2. The molecule has 1 saturated heterocycles. The Hall–Kier alpha value is -2.66. The molecule has 5 rings (SSSR count). The molecule has 0 unspecified atom stereocenters. The van der Waals surface area contributed by atoms with Crippen molar-refractivity contribution in [3.63, 3.8) is 0 Å². The van der Waals surface area contributed by atoms with Gasteiger partial charge in [0.15, 0.2) is 11.5 Å². The van der Waals surface area contributed by atoms with Gasteiger partial charge in [0.25, 0.3) is 0 Å². The number of carbonyl (C=O) groups excluding carboxylic acids is 1. The van der Waals surface area contributed by atoms with E-state index in [9.17, 15) is 4.79 Å². The van der Waals surface area contributed by atoms with E-state index < -0.39 is 0 Å². The van der Waals surface area contributed by atoms with Crippen molar-refractivity contribution in [2.24, 2.45) is 0 Å². The molecule has 1 aromatic heterocycles. The number of carbonyl (C=O) groups is 1. The first-order valence-corrected chi connectivity index (χ1v) is 10.5. The van der Waals surface area contributed by atoms with Crippen LogP contribution < -0.4 is 9.47 Å². The third-order valence-corrected chi connectivity index (χ3v) is 6.09. The van der Waals surface area contributed by atoms with Gasteiger partial charge in [-0.2, -0.15) is 0 Å². The van der Waals surface area contributed by atoms with Gasteiger partial charge < -0.3 is 19.4 Å². The summed E-state index contributed by atoms with van der Waals surface area (Å²) >= 11 is 6.28. The summed E-state index contributed by atoms with van der Waals surface area (Å²) in [5.41, 5.74) is 3.13. The molecular weight excluding hydrogens is 388 g/mol. The number of fused-ring (bicyclic) bond motifs is 2. The van der Waals surface area contributed by atoms with Gasteiger partial charge in [-0.05, 0) is 54.3 Å². The van der Waals surface area contributed by atoms with Crippen LogP contribution in [0.4, 0.5) is 0 Å². The Morgan fingerprint density at radius 2 is 1.86 bits per heavy atom. The number of likely N-dealkylation sites (tertiary alicyclic amines) is 1. The van der Waals surface area contributed by atoms with Crippen molar-refractivity contribution in [1.82, 2.24) is 9.88 Å². The zero-order valence-corrected chi connectivity index (χ0v) is 16.9. The largest absolute Gasteiger partial charge is 0.486 e. The number of H-pyrrole nitrogens is 1. The molecule has 2 aliphatic rings. The Kier molecular flexibility index (Phi) is 4.84. The lowest BCUT2D eigenvalue weighted by Crippen LogP contribution is -2.29. The number of aromatic amines is 1. The molecule has 6 heteroatoms. The lowest BCUT2D eigenvalue weighted by atomic mass is 9.87. The highest BCUT2D eigenvalue weighted by Crippen LogP contribution is 2.39. The van der Waals surface area contributed by atoms with Gasteiger partial charge in [-0.1, -0.05) is 17.7 Å². The van der Waals surface area contributed by atoms with Gasteiger partial charge in [0.1, 0.15) is 13.2 Å². The Morgan fingerprint density at radius 3 is 2.69 bits per heavy atom. The number of hydrogen-bond acceptors (Lipinski definition) is 3. The Bertz CT molecular complexity index is 1060. The van der Waals surface area contributed by atoms with Gasteiger partial charge in [-0.3, -0.25) is 4.79 Å². The van der Waals surface area contributed by atoms with Gasteiger partial charge in [0.05, 0.1) is 0 Å². The fourth-order valence-electron chi connectivity index (χ4n) is 4.36. The summed E-state index contributed by atoms with van der Waals surface area (Å²) in [6.07, 6.45) is 4.59. The minimum atomic E-state index is -0.0915. The molecule has 3 aromatic rings. The molecule has 5 nitrogen and oxygen atoms in total. The maximum Gasteiger partial charge on any atom is 0.223 e. The van der Waals surface area contributed by atoms with E-state index in [1.165, 1.54) is 0 Å². The lowest BCUT2D eigenvalue weighted by molar-refractivity contribution is -0.130. The standard InChI is InChI=1S/C23H23ClN2O3/c24-16-4-5-20-18(12-16)19(14-25-20)17(13-23(27)26-7-1-2-8-26)15-3-6-21-22(11-15)29-10-9-28-21/h3-6,11-12,14,17,25H,1-2,7-10,13H2/t17-/m0/s1. The summed E-state index contributed by atoms with van der Waals surface area (Å²) in [5.74, 6) is 1.60. The summed E-state index contributed by atoms with van der Waals surface area (Å²) in [5, 5.41) is 1.73. The van der Waals surface area contributed by atoms with Crippen LogP contribution in [0.3, 0.4) is 0 Å². The van der Waals surface area contributed by atoms with Gasteiger partial charge in [-0.15, -0.1) is 0 Å². The van der Waals surface area contributed by atoms with Gasteiger partial charge in [0, 0.05) is 47.6 Å². The highest BCUT2D eigenvalue weighted by molar-refractivity contribution is 6.31. The first kappa shape index (κ1) is 18.4. The Morgan fingerprint density at radius 1 is 1.07 bits per heavy atom. The van der Waals surface area contributed by atoms with Crippen molar-refractivity contribution >= 4 is 28.4 Å². The van der Waals surface area contributed by atoms with Crippen molar-refractivity contribution in [3.05, 3.63) is 58.7 Å². The predicted molar refractivity (Wildman–Crippen MR) is 113 cm³/mol.